The van der Waals surface area contributed by atoms with Crippen molar-refractivity contribution in [3.8, 4) is 0 Å². The molecule has 4 fully saturated rings. The maximum Gasteiger partial charge on any atom is 0.128 e. The van der Waals surface area contributed by atoms with Crippen molar-refractivity contribution in [2.75, 3.05) is 5.32 Å². The van der Waals surface area contributed by atoms with Crippen molar-refractivity contribution in [2.45, 2.75) is 45.1 Å². The first-order valence-electron chi connectivity index (χ1n) is 7.72. The van der Waals surface area contributed by atoms with Crippen molar-refractivity contribution in [2.24, 2.45) is 23.7 Å². The highest BCUT2D eigenvalue weighted by molar-refractivity contribution is 5.52. The van der Waals surface area contributed by atoms with E-state index < -0.39 is 0 Å². The Morgan fingerprint density at radius 2 is 1.63 bits per heavy atom. The van der Waals surface area contributed by atoms with Crippen molar-refractivity contribution >= 4 is 5.69 Å². The Balaban J connectivity index is 1.58. The van der Waals surface area contributed by atoms with Gasteiger partial charge in [0, 0.05) is 17.3 Å². The van der Waals surface area contributed by atoms with Crippen LogP contribution in [0.3, 0.4) is 0 Å². The Morgan fingerprint density at radius 3 is 2.26 bits per heavy atom. The van der Waals surface area contributed by atoms with Crippen LogP contribution < -0.4 is 5.32 Å². The lowest BCUT2D eigenvalue weighted by Crippen LogP contribution is -2.51. The summed E-state index contributed by atoms with van der Waals surface area (Å²) in [5.41, 5.74) is 1.79. The van der Waals surface area contributed by atoms with Gasteiger partial charge in [-0.05, 0) is 74.8 Å². The number of hydrogen-bond acceptors (Lipinski definition) is 1. The van der Waals surface area contributed by atoms with E-state index in [-0.39, 0.29) is 5.82 Å². The summed E-state index contributed by atoms with van der Waals surface area (Å²) in [6.07, 6.45) is 7.09. The molecule has 1 aromatic carbocycles. The van der Waals surface area contributed by atoms with Gasteiger partial charge in [0.15, 0.2) is 0 Å². The predicted molar refractivity (Wildman–Crippen MR) is 75.6 cm³/mol. The second-order valence-corrected chi connectivity index (χ2v) is 7.01. The number of nitrogens with one attached hydrogen (secondary N) is 1. The van der Waals surface area contributed by atoms with E-state index in [1.54, 1.807) is 6.07 Å². The monoisotopic (exact) mass is 259 g/mol. The highest BCUT2D eigenvalue weighted by Gasteiger charge is 2.48. The van der Waals surface area contributed by atoms with Crippen molar-refractivity contribution in [1.29, 1.82) is 0 Å². The molecule has 2 heteroatoms. The highest BCUT2D eigenvalue weighted by atomic mass is 19.1. The van der Waals surface area contributed by atoms with Crippen molar-refractivity contribution in [3.63, 3.8) is 0 Å². The molecule has 0 saturated heterocycles. The van der Waals surface area contributed by atoms with E-state index in [1.165, 1.54) is 32.1 Å². The fourth-order valence-electron chi connectivity index (χ4n) is 5.10. The molecular formula is C17H22FN. The van der Waals surface area contributed by atoms with E-state index in [0.29, 0.717) is 6.04 Å². The van der Waals surface area contributed by atoms with E-state index in [9.17, 15) is 4.39 Å². The van der Waals surface area contributed by atoms with E-state index in [4.69, 9.17) is 0 Å². The summed E-state index contributed by atoms with van der Waals surface area (Å²) < 4.78 is 13.7. The van der Waals surface area contributed by atoms with Crippen molar-refractivity contribution in [3.05, 3.63) is 29.6 Å². The molecule has 1 nitrogen and oxygen atoms in total. The average Bonchev–Trinajstić information content (AvgIpc) is 2.38. The first-order chi connectivity index (χ1) is 9.20. The lowest BCUT2D eigenvalue weighted by Gasteiger charge is -2.54. The summed E-state index contributed by atoms with van der Waals surface area (Å²) in [6.45, 7) is 1.88. The zero-order chi connectivity index (χ0) is 13.0. The van der Waals surface area contributed by atoms with Crippen LogP contribution in [0.2, 0.25) is 0 Å². The normalized spacial score (nSPS) is 39.6. The second-order valence-electron chi connectivity index (χ2n) is 7.01. The molecule has 0 unspecified atom stereocenters. The Bertz CT molecular complexity index is 468. The fraction of sp³-hybridized carbons (Fsp3) is 0.647. The quantitative estimate of drug-likeness (QED) is 0.831. The van der Waals surface area contributed by atoms with Gasteiger partial charge in [-0.2, -0.15) is 0 Å². The van der Waals surface area contributed by atoms with Gasteiger partial charge < -0.3 is 5.32 Å². The molecule has 4 bridgehead atoms. The van der Waals surface area contributed by atoms with Gasteiger partial charge in [-0.3, -0.25) is 0 Å². The van der Waals surface area contributed by atoms with Crippen LogP contribution in [-0.2, 0) is 0 Å². The van der Waals surface area contributed by atoms with Crippen LogP contribution in [0.4, 0.5) is 10.1 Å². The van der Waals surface area contributed by atoms with Gasteiger partial charge in [0.25, 0.3) is 0 Å². The van der Waals surface area contributed by atoms with Crippen LogP contribution in [0.15, 0.2) is 18.2 Å². The van der Waals surface area contributed by atoms with Crippen LogP contribution >= 0.6 is 0 Å². The smallest absolute Gasteiger partial charge is 0.128 e. The third kappa shape index (κ3) is 1.87. The molecule has 4 aliphatic rings. The van der Waals surface area contributed by atoms with Gasteiger partial charge in [-0.25, -0.2) is 4.39 Å². The van der Waals surface area contributed by atoms with E-state index in [1.807, 2.05) is 19.1 Å². The molecule has 1 N–H and O–H groups in total. The summed E-state index contributed by atoms with van der Waals surface area (Å²) >= 11 is 0. The molecule has 0 aliphatic heterocycles. The molecule has 4 saturated carbocycles. The lowest BCUT2D eigenvalue weighted by atomic mass is 9.54. The molecule has 0 radical (unpaired) electrons. The molecular weight excluding hydrogens is 237 g/mol. The molecule has 1 aromatic rings. The van der Waals surface area contributed by atoms with Crippen LogP contribution in [0.1, 0.15) is 37.7 Å². The van der Waals surface area contributed by atoms with E-state index in [2.05, 4.69) is 5.32 Å². The summed E-state index contributed by atoms with van der Waals surface area (Å²) in [6, 6.07) is 6.00. The Hall–Kier alpha value is -1.05. The number of halogens is 1. The molecule has 5 rings (SSSR count). The molecule has 4 aliphatic carbocycles. The van der Waals surface area contributed by atoms with Gasteiger partial charge in [-0.15, -0.1) is 0 Å². The average molecular weight is 259 g/mol. The molecule has 0 amide bonds. The molecule has 0 heterocycles. The standard InChI is InChI=1S/C17H22FN/c1-10-15(18)3-2-4-16(10)19-17-13-6-11-5-12(8-13)9-14(17)7-11/h2-4,11-14,17,19H,5-9H2,1H3. The maximum absolute atomic E-state index is 13.7. The number of benzene rings is 1. The van der Waals surface area contributed by atoms with E-state index in [0.717, 1.165) is 34.9 Å². The van der Waals surface area contributed by atoms with Gasteiger partial charge in [0.1, 0.15) is 5.82 Å². The van der Waals surface area contributed by atoms with E-state index >= 15 is 0 Å². The Labute approximate surface area is 114 Å². The van der Waals surface area contributed by atoms with Gasteiger partial charge in [0.05, 0.1) is 0 Å². The summed E-state index contributed by atoms with van der Waals surface area (Å²) in [5, 5.41) is 3.69. The van der Waals surface area contributed by atoms with Crippen LogP contribution in [0.25, 0.3) is 0 Å². The van der Waals surface area contributed by atoms with Gasteiger partial charge >= 0.3 is 0 Å². The molecule has 0 atom stereocenters. The zero-order valence-corrected chi connectivity index (χ0v) is 11.5. The van der Waals surface area contributed by atoms with Crippen LogP contribution in [-0.4, -0.2) is 6.04 Å². The third-order valence-corrected chi connectivity index (χ3v) is 5.82. The summed E-state index contributed by atoms with van der Waals surface area (Å²) in [5.74, 6) is 3.56. The van der Waals surface area contributed by atoms with Crippen molar-refractivity contribution in [1.82, 2.24) is 0 Å². The molecule has 0 aromatic heterocycles. The minimum atomic E-state index is -0.0891. The first kappa shape index (κ1) is 11.7. The third-order valence-electron chi connectivity index (χ3n) is 5.82. The molecule has 19 heavy (non-hydrogen) atoms. The van der Waals surface area contributed by atoms with Gasteiger partial charge in [-0.1, -0.05) is 6.07 Å². The number of rotatable bonds is 2. The van der Waals surface area contributed by atoms with Gasteiger partial charge in [0.2, 0.25) is 0 Å². The topological polar surface area (TPSA) is 12.0 Å². The lowest BCUT2D eigenvalue weighted by molar-refractivity contribution is 0.00751. The first-order valence-corrected chi connectivity index (χ1v) is 7.72. The zero-order valence-electron chi connectivity index (χ0n) is 11.5. The SMILES string of the molecule is Cc1c(F)cccc1NC1C2CC3CC(C2)CC1C3. The number of hydrogen-bond donors (Lipinski definition) is 1. The highest BCUT2D eigenvalue weighted by Crippen LogP contribution is 2.54. The minimum absolute atomic E-state index is 0.0891. The second kappa shape index (κ2) is 4.22. The molecule has 102 valence electrons. The molecule has 0 spiro atoms. The van der Waals surface area contributed by atoms with Crippen molar-refractivity contribution < 1.29 is 4.39 Å². The number of anilines is 1. The summed E-state index contributed by atoms with van der Waals surface area (Å²) in [4.78, 5) is 0. The Morgan fingerprint density at radius 1 is 1.00 bits per heavy atom. The van der Waals surface area contributed by atoms with Crippen LogP contribution in [0.5, 0.6) is 0 Å². The van der Waals surface area contributed by atoms with Crippen LogP contribution in [0, 0.1) is 36.4 Å². The Kier molecular flexibility index (Phi) is 2.61. The maximum atomic E-state index is 13.7. The minimum Gasteiger partial charge on any atom is -0.381 e. The fourth-order valence-corrected chi connectivity index (χ4v) is 5.10. The summed E-state index contributed by atoms with van der Waals surface area (Å²) in [7, 11) is 0. The predicted octanol–water partition coefficient (Wildman–Crippen LogP) is 4.37. The largest absolute Gasteiger partial charge is 0.381 e.